The van der Waals surface area contributed by atoms with Gasteiger partial charge in [-0.05, 0) is 61.9 Å². The van der Waals surface area contributed by atoms with Crippen LogP contribution < -0.4 is 10.6 Å². The van der Waals surface area contributed by atoms with Crippen LogP contribution in [0.2, 0.25) is 0 Å². The first-order valence-electron chi connectivity index (χ1n) is 12.5. The molecule has 1 aromatic heterocycles. The Hall–Kier alpha value is -4.01. The minimum atomic E-state index is -1.16. The monoisotopic (exact) mass is 503 g/mol. The average Bonchev–Trinajstić information content (AvgIpc) is 3.62. The van der Waals surface area contributed by atoms with Crippen LogP contribution in [0.15, 0.2) is 48.8 Å². The fraction of sp³-hybridized carbons (Fsp3) is 0.357. The van der Waals surface area contributed by atoms with Crippen molar-refractivity contribution in [3.05, 3.63) is 82.7 Å². The maximum absolute atomic E-state index is 13.8. The molecule has 0 saturated heterocycles. The molecule has 1 aliphatic carbocycles. The van der Waals surface area contributed by atoms with Gasteiger partial charge < -0.3 is 20.1 Å². The first kappa shape index (κ1) is 24.7. The third kappa shape index (κ3) is 4.50. The molecule has 2 aromatic carbocycles. The number of aromatic nitrogens is 2. The summed E-state index contributed by atoms with van der Waals surface area (Å²) in [5.74, 6) is -1.49. The van der Waals surface area contributed by atoms with Crippen molar-refractivity contribution in [3.63, 3.8) is 0 Å². The van der Waals surface area contributed by atoms with E-state index in [4.69, 9.17) is 0 Å². The van der Waals surface area contributed by atoms with Crippen molar-refractivity contribution in [2.45, 2.75) is 64.7 Å². The van der Waals surface area contributed by atoms with E-state index >= 15 is 0 Å². The molecular formula is C28H30FN5O3. The highest BCUT2D eigenvalue weighted by molar-refractivity contribution is 6.12. The molecule has 0 spiro atoms. The lowest BCUT2D eigenvalue weighted by Gasteiger charge is -2.44. The molecule has 1 saturated carbocycles. The van der Waals surface area contributed by atoms with Crippen LogP contribution in [0.4, 0.5) is 10.1 Å². The van der Waals surface area contributed by atoms with Crippen molar-refractivity contribution < 1.29 is 18.8 Å². The first-order valence-corrected chi connectivity index (χ1v) is 12.5. The second kappa shape index (κ2) is 9.46. The molecule has 1 unspecified atom stereocenters. The van der Waals surface area contributed by atoms with Gasteiger partial charge in [-0.3, -0.25) is 14.4 Å². The normalized spacial score (nSPS) is 18.9. The number of benzene rings is 2. The Morgan fingerprint density at radius 1 is 1.16 bits per heavy atom. The highest BCUT2D eigenvalue weighted by atomic mass is 19.1. The summed E-state index contributed by atoms with van der Waals surface area (Å²) in [4.78, 5) is 46.5. The number of aryl methyl sites for hydroxylation is 2. The van der Waals surface area contributed by atoms with Crippen LogP contribution >= 0.6 is 0 Å². The van der Waals surface area contributed by atoms with E-state index in [0.29, 0.717) is 0 Å². The SMILES string of the molecule is CCc1cccc(C)c1NC(=O)c1ncn2c1C(=O)N(C1CC1)C(C)(C(=O)NCc1ccc(F)cc1)C2. The van der Waals surface area contributed by atoms with Gasteiger partial charge in [0, 0.05) is 18.3 Å². The third-order valence-corrected chi connectivity index (χ3v) is 7.23. The molecular weight excluding hydrogens is 473 g/mol. The number of anilines is 1. The van der Waals surface area contributed by atoms with Gasteiger partial charge in [-0.25, -0.2) is 9.37 Å². The van der Waals surface area contributed by atoms with E-state index in [0.717, 1.165) is 41.6 Å². The molecule has 37 heavy (non-hydrogen) atoms. The van der Waals surface area contributed by atoms with E-state index in [2.05, 4.69) is 15.6 Å². The number of nitrogens with zero attached hydrogens (tertiary/aromatic N) is 3. The minimum absolute atomic E-state index is 0.0507. The van der Waals surface area contributed by atoms with Crippen molar-refractivity contribution in [1.82, 2.24) is 19.8 Å². The molecule has 5 rings (SSSR count). The van der Waals surface area contributed by atoms with Crippen LogP contribution in [0.5, 0.6) is 0 Å². The predicted molar refractivity (Wildman–Crippen MR) is 137 cm³/mol. The topological polar surface area (TPSA) is 96.3 Å². The fourth-order valence-electron chi connectivity index (χ4n) is 5.07. The van der Waals surface area contributed by atoms with E-state index in [1.165, 1.54) is 18.5 Å². The van der Waals surface area contributed by atoms with Crippen LogP contribution in [0.1, 0.15) is 64.4 Å². The maximum Gasteiger partial charge on any atom is 0.276 e. The van der Waals surface area contributed by atoms with E-state index < -0.39 is 11.4 Å². The largest absolute Gasteiger partial charge is 0.350 e. The number of imidazole rings is 1. The molecule has 2 N–H and O–H groups in total. The summed E-state index contributed by atoms with van der Waals surface area (Å²) in [5, 5.41) is 5.86. The van der Waals surface area contributed by atoms with Gasteiger partial charge in [0.25, 0.3) is 11.8 Å². The van der Waals surface area contributed by atoms with Crippen molar-refractivity contribution in [1.29, 1.82) is 0 Å². The number of hydrogen-bond acceptors (Lipinski definition) is 4. The number of carbonyl (C=O) groups is 3. The van der Waals surface area contributed by atoms with Gasteiger partial charge in [-0.2, -0.15) is 0 Å². The Bertz CT molecular complexity index is 1380. The van der Waals surface area contributed by atoms with Gasteiger partial charge in [0.15, 0.2) is 5.69 Å². The number of amides is 3. The maximum atomic E-state index is 13.8. The highest BCUT2D eigenvalue weighted by Crippen LogP contribution is 2.39. The van der Waals surface area contributed by atoms with Gasteiger partial charge in [-0.1, -0.05) is 37.3 Å². The third-order valence-electron chi connectivity index (χ3n) is 7.23. The van der Waals surface area contributed by atoms with E-state index in [1.54, 1.807) is 28.5 Å². The molecule has 2 aliphatic rings. The zero-order valence-corrected chi connectivity index (χ0v) is 21.2. The highest BCUT2D eigenvalue weighted by Gasteiger charge is 2.53. The number of nitrogens with one attached hydrogen (secondary N) is 2. The second-order valence-electron chi connectivity index (χ2n) is 9.98. The number of carbonyl (C=O) groups excluding carboxylic acids is 3. The standard InChI is InChI=1S/C28H30FN5O3/c1-4-19-7-5-6-17(2)22(19)32-25(35)23-24-26(36)34(21-12-13-21)28(3,15-33(24)16-31-23)27(37)30-14-18-8-10-20(29)11-9-18/h5-11,16,21H,4,12-15H2,1-3H3,(H,30,37)(H,32,35). The van der Waals surface area contributed by atoms with Crippen LogP contribution in [0.25, 0.3) is 0 Å². The molecule has 0 radical (unpaired) electrons. The van der Waals surface area contributed by atoms with E-state index in [9.17, 15) is 18.8 Å². The summed E-state index contributed by atoms with van der Waals surface area (Å²) >= 11 is 0. The Kier molecular flexibility index (Phi) is 6.31. The summed E-state index contributed by atoms with van der Waals surface area (Å²) in [6.07, 6.45) is 3.80. The van der Waals surface area contributed by atoms with Gasteiger partial charge >= 0.3 is 0 Å². The molecule has 9 heteroatoms. The second-order valence-corrected chi connectivity index (χ2v) is 9.98. The number of para-hydroxylation sites is 1. The summed E-state index contributed by atoms with van der Waals surface area (Å²) in [5.41, 5.74) is 2.49. The summed E-state index contributed by atoms with van der Waals surface area (Å²) < 4.78 is 14.8. The molecule has 3 aromatic rings. The lowest BCUT2D eigenvalue weighted by atomic mass is 9.93. The summed E-state index contributed by atoms with van der Waals surface area (Å²) in [6, 6.07) is 11.7. The molecule has 1 aliphatic heterocycles. The van der Waals surface area contributed by atoms with Crippen molar-refractivity contribution in [2.24, 2.45) is 0 Å². The van der Waals surface area contributed by atoms with Crippen LogP contribution in [-0.4, -0.2) is 43.8 Å². The van der Waals surface area contributed by atoms with E-state index in [1.807, 2.05) is 32.0 Å². The Morgan fingerprint density at radius 2 is 1.89 bits per heavy atom. The zero-order chi connectivity index (χ0) is 26.3. The van der Waals surface area contributed by atoms with Crippen molar-refractivity contribution in [2.75, 3.05) is 5.32 Å². The lowest BCUT2D eigenvalue weighted by Crippen LogP contribution is -2.64. The molecule has 3 amide bonds. The lowest BCUT2D eigenvalue weighted by molar-refractivity contribution is -0.133. The predicted octanol–water partition coefficient (Wildman–Crippen LogP) is 3.84. The molecule has 1 atom stereocenters. The van der Waals surface area contributed by atoms with Gasteiger partial charge in [0.1, 0.15) is 17.1 Å². The Labute approximate surface area is 214 Å². The number of hydrogen-bond donors (Lipinski definition) is 2. The molecule has 1 fully saturated rings. The van der Waals surface area contributed by atoms with E-state index in [-0.39, 0.29) is 48.2 Å². The quantitative estimate of drug-likeness (QED) is 0.512. The smallest absolute Gasteiger partial charge is 0.276 e. The van der Waals surface area contributed by atoms with Crippen molar-refractivity contribution in [3.8, 4) is 0 Å². The Morgan fingerprint density at radius 3 is 2.57 bits per heavy atom. The van der Waals surface area contributed by atoms with Gasteiger partial charge in [0.05, 0.1) is 12.9 Å². The van der Waals surface area contributed by atoms with Crippen molar-refractivity contribution >= 4 is 23.4 Å². The molecule has 0 bridgehead atoms. The molecule has 8 nitrogen and oxygen atoms in total. The van der Waals surface area contributed by atoms with Crippen LogP contribution in [0, 0.1) is 12.7 Å². The number of halogens is 1. The minimum Gasteiger partial charge on any atom is -0.350 e. The zero-order valence-electron chi connectivity index (χ0n) is 21.2. The number of rotatable bonds is 7. The van der Waals surface area contributed by atoms with Crippen LogP contribution in [-0.2, 0) is 24.3 Å². The number of fused-ring (bicyclic) bond motifs is 1. The van der Waals surface area contributed by atoms with Gasteiger partial charge in [-0.15, -0.1) is 0 Å². The van der Waals surface area contributed by atoms with Gasteiger partial charge in [0.2, 0.25) is 5.91 Å². The summed E-state index contributed by atoms with van der Waals surface area (Å²) in [7, 11) is 0. The summed E-state index contributed by atoms with van der Waals surface area (Å²) in [6.45, 7) is 6.06. The van der Waals surface area contributed by atoms with Crippen LogP contribution in [0.3, 0.4) is 0 Å². The average molecular weight is 504 g/mol. The molecule has 2 heterocycles. The Balaban J connectivity index is 1.42. The fourth-order valence-corrected chi connectivity index (χ4v) is 5.07. The molecule has 192 valence electrons. The first-order chi connectivity index (χ1) is 17.7.